The first-order valence-corrected chi connectivity index (χ1v) is 4.39. The number of rotatable bonds is 8. The van der Waals surface area contributed by atoms with Crippen molar-refractivity contribution >= 4 is 0 Å². The third-order valence-electron chi connectivity index (χ3n) is 1.50. The zero-order chi connectivity index (χ0) is 9.23. The Balaban J connectivity index is 3.19. The summed E-state index contributed by atoms with van der Waals surface area (Å²) in [5.41, 5.74) is 0. The quantitative estimate of drug-likeness (QED) is 0.351. The second-order valence-electron chi connectivity index (χ2n) is 2.60. The van der Waals surface area contributed by atoms with Gasteiger partial charge in [0.1, 0.15) is 12.7 Å². The molecule has 0 aromatic carbocycles. The summed E-state index contributed by atoms with van der Waals surface area (Å²) in [7, 11) is 0. The van der Waals surface area contributed by atoms with E-state index < -0.39 is 0 Å². The van der Waals surface area contributed by atoms with Gasteiger partial charge in [-0.1, -0.05) is 20.3 Å². The van der Waals surface area contributed by atoms with Gasteiger partial charge in [0.2, 0.25) is 0 Å². The van der Waals surface area contributed by atoms with Crippen molar-refractivity contribution in [3.8, 4) is 0 Å². The van der Waals surface area contributed by atoms with Crippen molar-refractivity contribution in [2.45, 2.75) is 39.2 Å². The summed E-state index contributed by atoms with van der Waals surface area (Å²) in [6.07, 6.45) is 2.64. The van der Waals surface area contributed by atoms with Gasteiger partial charge in [-0.15, -0.1) is 0 Å². The summed E-state index contributed by atoms with van der Waals surface area (Å²) >= 11 is 0. The van der Waals surface area contributed by atoms with E-state index in [2.05, 4.69) is 11.8 Å². The molecule has 0 radical (unpaired) electrons. The van der Waals surface area contributed by atoms with Gasteiger partial charge in [0, 0.05) is 0 Å². The Morgan fingerprint density at radius 3 is 2.58 bits per heavy atom. The summed E-state index contributed by atoms with van der Waals surface area (Å²) in [6, 6.07) is 0. The minimum atomic E-state index is -0.174. The monoisotopic (exact) mass is 178 g/mol. The van der Waals surface area contributed by atoms with Crippen LogP contribution in [0.5, 0.6) is 0 Å². The number of hydrogen-bond donors (Lipinski definition) is 1. The molecule has 0 rings (SSSR count). The van der Waals surface area contributed by atoms with Gasteiger partial charge in [-0.3, -0.25) is 5.26 Å². The van der Waals surface area contributed by atoms with Gasteiger partial charge < -0.3 is 0 Å². The van der Waals surface area contributed by atoms with Crippen LogP contribution in [0.2, 0.25) is 0 Å². The van der Waals surface area contributed by atoms with Crippen LogP contribution in [0.15, 0.2) is 0 Å². The van der Waals surface area contributed by atoms with Crippen LogP contribution in [0.1, 0.15) is 33.1 Å². The molecular weight excluding hydrogens is 160 g/mol. The minimum Gasteiger partial charge on any atom is -0.252 e. The smallest absolute Gasteiger partial charge is 0.119 e. The standard InChI is InChI=1S/C8H18O4/c1-3-5-6-11-12-8(4-2)7-10-9/h8-9H,3-7H2,1-2H3. The lowest BCUT2D eigenvalue weighted by Gasteiger charge is -2.12. The highest BCUT2D eigenvalue weighted by Crippen LogP contribution is 2.00. The summed E-state index contributed by atoms with van der Waals surface area (Å²) in [4.78, 5) is 13.8. The van der Waals surface area contributed by atoms with Crippen LogP contribution >= 0.6 is 0 Å². The highest BCUT2D eigenvalue weighted by atomic mass is 17.2. The van der Waals surface area contributed by atoms with Crippen molar-refractivity contribution in [3.05, 3.63) is 0 Å². The molecule has 1 unspecified atom stereocenters. The second-order valence-corrected chi connectivity index (χ2v) is 2.60. The first-order valence-electron chi connectivity index (χ1n) is 4.39. The van der Waals surface area contributed by atoms with Crippen molar-refractivity contribution in [2.75, 3.05) is 13.2 Å². The van der Waals surface area contributed by atoms with Crippen molar-refractivity contribution < 1.29 is 19.9 Å². The molecule has 0 aromatic heterocycles. The normalized spacial score (nSPS) is 13.2. The summed E-state index contributed by atoms with van der Waals surface area (Å²) in [5.74, 6) is 0. The molecule has 0 aromatic rings. The maximum atomic E-state index is 8.13. The first-order chi connectivity index (χ1) is 5.85. The molecule has 1 N–H and O–H groups in total. The van der Waals surface area contributed by atoms with E-state index in [1.54, 1.807) is 0 Å². The van der Waals surface area contributed by atoms with Crippen LogP contribution in [0.3, 0.4) is 0 Å². The Kier molecular flexibility index (Phi) is 8.81. The van der Waals surface area contributed by atoms with Crippen LogP contribution in [0, 0.1) is 0 Å². The predicted octanol–water partition coefficient (Wildman–Crippen LogP) is 2.00. The molecular formula is C8H18O4. The molecule has 4 nitrogen and oxygen atoms in total. The van der Waals surface area contributed by atoms with Crippen molar-refractivity contribution in [3.63, 3.8) is 0 Å². The molecule has 0 amide bonds. The van der Waals surface area contributed by atoms with E-state index in [1.165, 1.54) is 0 Å². The molecule has 0 fully saturated rings. The van der Waals surface area contributed by atoms with Gasteiger partial charge in [-0.25, -0.2) is 14.7 Å². The van der Waals surface area contributed by atoms with E-state index >= 15 is 0 Å². The first kappa shape index (κ1) is 11.8. The topological polar surface area (TPSA) is 47.9 Å². The Hall–Kier alpha value is -0.160. The largest absolute Gasteiger partial charge is 0.252 e. The van der Waals surface area contributed by atoms with Gasteiger partial charge in [-0.2, -0.15) is 0 Å². The molecule has 1 atom stereocenters. The average Bonchev–Trinajstić information content (AvgIpc) is 2.10. The molecule has 0 bridgehead atoms. The average molecular weight is 178 g/mol. The Morgan fingerprint density at radius 2 is 2.08 bits per heavy atom. The molecule has 0 aliphatic heterocycles. The molecule has 0 saturated heterocycles. The van der Waals surface area contributed by atoms with E-state index in [4.69, 9.17) is 15.0 Å². The van der Waals surface area contributed by atoms with Crippen LogP contribution in [0.4, 0.5) is 0 Å². The predicted molar refractivity (Wildman–Crippen MR) is 44.6 cm³/mol. The molecule has 12 heavy (non-hydrogen) atoms. The highest BCUT2D eigenvalue weighted by Gasteiger charge is 2.06. The molecule has 0 aliphatic carbocycles. The van der Waals surface area contributed by atoms with E-state index in [0.717, 1.165) is 19.3 Å². The van der Waals surface area contributed by atoms with E-state index in [9.17, 15) is 0 Å². The Labute approximate surface area is 73.3 Å². The summed E-state index contributed by atoms with van der Waals surface area (Å²) in [6.45, 7) is 4.77. The SMILES string of the molecule is CCCCOOC(CC)COO. The zero-order valence-corrected chi connectivity index (χ0v) is 7.78. The number of hydrogen-bond acceptors (Lipinski definition) is 4. The van der Waals surface area contributed by atoms with Crippen molar-refractivity contribution in [1.82, 2.24) is 0 Å². The van der Waals surface area contributed by atoms with Gasteiger partial charge in [0.15, 0.2) is 0 Å². The molecule has 0 spiro atoms. The fraction of sp³-hybridized carbons (Fsp3) is 1.00. The van der Waals surface area contributed by atoms with E-state index in [0.29, 0.717) is 6.61 Å². The summed E-state index contributed by atoms with van der Waals surface area (Å²) < 4.78 is 0. The molecule has 4 heteroatoms. The summed E-state index contributed by atoms with van der Waals surface area (Å²) in [5, 5.41) is 8.13. The lowest BCUT2D eigenvalue weighted by molar-refractivity contribution is -0.354. The van der Waals surface area contributed by atoms with E-state index in [1.807, 2.05) is 6.92 Å². The fourth-order valence-electron chi connectivity index (χ4n) is 0.644. The van der Waals surface area contributed by atoms with Gasteiger partial charge in [-0.05, 0) is 12.8 Å². The van der Waals surface area contributed by atoms with Crippen LogP contribution < -0.4 is 0 Å². The van der Waals surface area contributed by atoms with Crippen LogP contribution in [-0.4, -0.2) is 24.6 Å². The molecule has 74 valence electrons. The van der Waals surface area contributed by atoms with E-state index in [-0.39, 0.29) is 12.7 Å². The molecule has 0 heterocycles. The third-order valence-corrected chi connectivity index (χ3v) is 1.50. The van der Waals surface area contributed by atoms with Gasteiger partial charge >= 0.3 is 0 Å². The molecule has 0 aliphatic rings. The maximum absolute atomic E-state index is 8.13. The molecule has 0 saturated carbocycles. The lowest BCUT2D eigenvalue weighted by Crippen LogP contribution is -2.18. The van der Waals surface area contributed by atoms with Crippen molar-refractivity contribution in [1.29, 1.82) is 0 Å². The highest BCUT2D eigenvalue weighted by molar-refractivity contribution is 4.47. The third kappa shape index (κ3) is 6.54. The maximum Gasteiger partial charge on any atom is 0.119 e. The van der Waals surface area contributed by atoms with Crippen LogP contribution in [-0.2, 0) is 14.7 Å². The minimum absolute atomic E-state index is 0.155. The Morgan fingerprint density at radius 1 is 1.33 bits per heavy atom. The Bertz CT molecular complexity index is 87.1. The number of unbranched alkanes of at least 4 members (excludes halogenated alkanes) is 1. The van der Waals surface area contributed by atoms with Gasteiger partial charge in [0.05, 0.1) is 6.61 Å². The van der Waals surface area contributed by atoms with Crippen molar-refractivity contribution in [2.24, 2.45) is 0 Å². The van der Waals surface area contributed by atoms with Crippen LogP contribution in [0.25, 0.3) is 0 Å². The zero-order valence-electron chi connectivity index (χ0n) is 7.78. The lowest BCUT2D eigenvalue weighted by atomic mass is 10.3. The second kappa shape index (κ2) is 8.93. The van der Waals surface area contributed by atoms with Gasteiger partial charge in [0.25, 0.3) is 0 Å². The fourth-order valence-corrected chi connectivity index (χ4v) is 0.644.